The van der Waals surface area contributed by atoms with Crippen LogP contribution in [-0.4, -0.2) is 29.4 Å². The van der Waals surface area contributed by atoms with Crippen molar-refractivity contribution >= 4 is 17.7 Å². The van der Waals surface area contributed by atoms with Crippen LogP contribution in [0.15, 0.2) is 0 Å². The van der Waals surface area contributed by atoms with Crippen LogP contribution in [0, 0.1) is 11.8 Å². The van der Waals surface area contributed by atoms with Crippen LogP contribution in [0.5, 0.6) is 0 Å². The molecule has 0 aliphatic heterocycles. The van der Waals surface area contributed by atoms with Crippen LogP contribution in [0.4, 0.5) is 0 Å². The average Bonchev–Trinajstić information content (AvgIpc) is 2.02. The Morgan fingerprint density at radius 3 is 2.07 bits per heavy atom. The molecule has 1 unspecified atom stereocenters. The monoisotopic (exact) mass is 202 g/mol. The van der Waals surface area contributed by atoms with Gasteiger partial charge < -0.3 is 9.84 Å². The SMILES string of the molecule is CC(=O)C(=O)OCC(C(=O)O)C(C)C. The molecule has 1 atom stereocenters. The Kier molecular flexibility index (Phi) is 4.83. The van der Waals surface area contributed by atoms with E-state index < -0.39 is 23.6 Å². The second kappa shape index (κ2) is 5.36. The minimum absolute atomic E-state index is 0.146. The third-order valence-corrected chi connectivity index (χ3v) is 1.80. The molecule has 0 aromatic rings. The van der Waals surface area contributed by atoms with Gasteiger partial charge in [0, 0.05) is 6.92 Å². The second-order valence-electron chi connectivity index (χ2n) is 3.34. The molecule has 0 saturated carbocycles. The lowest BCUT2D eigenvalue weighted by atomic mass is 9.97. The Morgan fingerprint density at radius 2 is 1.79 bits per heavy atom. The highest BCUT2D eigenvalue weighted by Gasteiger charge is 2.23. The number of ether oxygens (including phenoxy) is 1. The van der Waals surface area contributed by atoms with E-state index in [-0.39, 0.29) is 12.5 Å². The average molecular weight is 202 g/mol. The van der Waals surface area contributed by atoms with Crippen molar-refractivity contribution in [3.8, 4) is 0 Å². The summed E-state index contributed by atoms with van der Waals surface area (Å²) < 4.78 is 4.52. The summed E-state index contributed by atoms with van der Waals surface area (Å²) in [5.41, 5.74) is 0. The number of aliphatic carboxylic acids is 1. The van der Waals surface area contributed by atoms with E-state index in [0.29, 0.717) is 0 Å². The molecule has 0 aromatic carbocycles. The van der Waals surface area contributed by atoms with Gasteiger partial charge in [-0.3, -0.25) is 9.59 Å². The van der Waals surface area contributed by atoms with Gasteiger partial charge in [-0.15, -0.1) is 0 Å². The summed E-state index contributed by atoms with van der Waals surface area (Å²) in [5.74, 6) is -3.66. The summed E-state index contributed by atoms with van der Waals surface area (Å²) in [6.45, 7) is 4.24. The zero-order chi connectivity index (χ0) is 11.3. The molecule has 5 nitrogen and oxygen atoms in total. The fourth-order valence-corrected chi connectivity index (χ4v) is 0.816. The highest BCUT2D eigenvalue weighted by Crippen LogP contribution is 2.11. The van der Waals surface area contributed by atoms with E-state index >= 15 is 0 Å². The van der Waals surface area contributed by atoms with E-state index in [4.69, 9.17) is 5.11 Å². The fraction of sp³-hybridized carbons (Fsp3) is 0.667. The number of carboxylic acids is 1. The van der Waals surface area contributed by atoms with Gasteiger partial charge in [0.25, 0.3) is 0 Å². The van der Waals surface area contributed by atoms with Crippen LogP contribution in [0.2, 0.25) is 0 Å². The molecular formula is C9H14O5. The number of hydrogen-bond acceptors (Lipinski definition) is 4. The molecule has 0 radical (unpaired) electrons. The summed E-state index contributed by atoms with van der Waals surface area (Å²) in [7, 11) is 0. The van der Waals surface area contributed by atoms with E-state index in [1.165, 1.54) is 0 Å². The first-order chi connectivity index (χ1) is 6.36. The maximum Gasteiger partial charge on any atom is 0.374 e. The number of ketones is 1. The van der Waals surface area contributed by atoms with Crippen molar-refractivity contribution in [2.75, 3.05) is 6.61 Å². The minimum Gasteiger partial charge on any atom is -0.481 e. The maximum atomic E-state index is 10.7. The van der Waals surface area contributed by atoms with E-state index in [9.17, 15) is 14.4 Å². The molecule has 0 aromatic heterocycles. The zero-order valence-electron chi connectivity index (χ0n) is 8.44. The lowest BCUT2D eigenvalue weighted by molar-refractivity contribution is -0.157. The largest absolute Gasteiger partial charge is 0.481 e. The van der Waals surface area contributed by atoms with Crippen LogP contribution in [0.1, 0.15) is 20.8 Å². The lowest BCUT2D eigenvalue weighted by Crippen LogP contribution is -2.28. The fourth-order valence-electron chi connectivity index (χ4n) is 0.816. The molecule has 0 bridgehead atoms. The Morgan fingerprint density at radius 1 is 1.29 bits per heavy atom. The van der Waals surface area contributed by atoms with Crippen LogP contribution in [-0.2, 0) is 19.1 Å². The highest BCUT2D eigenvalue weighted by atomic mass is 16.5. The van der Waals surface area contributed by atoms with Crippen molar-refractivity contribution in [3.63, 3.8) is 0 Å². The molecule has 0 aliphatic carbocycles. The quantitative estimate of drug-likeness (QED) is 0.518. The van der Waals surface area contributed by atoms with Crippen LogP contribution < -0.4 is 0 Å². The molecule has 14 heavy (non-hydrogen) atoms. The number of carbonyl (C=O) groups is 3. The van der Waals surface area contributed by atoms with Crippen molar-refractivity contribution in [2.24, 2.45) is 11.8 Å². The van der Waals surface area contributed by atoms with Gasteiger partial charge in [-0.05, 0) is 5.92 Å². The number of Topliss-reactive ketones (excluding diaryl/α,β-unsaturated/α-hetero) is 1. The number of esters is 1. The van der Waals surface area contributed by atoms with E-state index in [1.54, 1.807) is 13.8 Å². The molecule has 1 N–H and O–H groups in total. The Hall–Kier alpha value is -1.39. The van der Waals surface area contributed by atoms with Crippen molar-refractivity contribution in [1.82, 2.24) is 0 Å². The molecule has 0 saturated heterocycles. The smallest absolute Gasteiger partial charge is 0.374 e. The number of rotatable bonds is 5. The first-order valence-electron chi connectivity index (χ1n) is 4.26. The molecule has 0 heterocycles. The van der Waals surface area contributed by atoms with E-state index in [2.05, 4.69) is 4.74 Å². The predicted molar refractivity (Wildman–Crippen MR) is 47.6 cm³/mol. The molecule has 80 valence electrons. The minimum atomic E-state index is -1.03. The van der Waals surface area contributed by atoms with Crippen LogP contribution in [0.3, 0.4) is 0 Å². The summed E-state index contributed by atoms with van der Waals surface area (Å²) in [6.07, 6.45) is 0. The molecule has 0 spiro atoms. The van der Waals surface area contributed by atoms with Crippen molar-refractivity contribution in [2.45, 2.75) is 20.8 Å². The molecule has 0 fully saturated rings. The maximum absolute atomic E-state index is 10.7. The molecular weight excluding hydrogens is 188 g/mol. The van der Waals surface area contributed by atoms with Gasteiger partial charge in [-0.25, -0.2) is 4.79 Å². The highest BCUT2D eigenvalue weighted by molar-refractivity contribution is 6.32. The van der Waals surface area contributed by atoms with Gasteiger partial charge in [0.2, 0.25) is 5.78 Å². The topological polar surface area (TPSA) is 80.7 Å². The predicted octanol–water partition coefficient (Wildman–Crippen LogP) is 0.475. The summed E-state index contributed by atoms with van der Waals surface area (Å²) in [5, 5.41) is 8.72. The lowest BCUT2D eigenvalue weighted by Gasteiger charge is -2.15. The summed E-state index contributed by atoms with van der Waals surface area (Å²) in [4.78, 5) is 31.8. The Balaban J connectivity index is 4.14. The first-order valence-corrected chi connectivity index (χ1v) is 4.26. The first kappa shape index (κ1) is 12.6. The third-order valence-electron chi connectivity index (χ3n) is 1.80. The Labute approximate surface area is 82.1 Å². The van der Waals surface area contributed by atoms with Gasteiger partial charge in [-0.1, -0.05) is 13.8 Å². The van der Waals surface area contributed by atoms with Gasteiger partial charge in [-0.2, -0.15) is 0 Å². The van der Waals surface area contributed by atoms with Crippen molar-refractivity contribution < 1.29 is 24.2 Å². The molecule has 0 rings (SSSR count). The number of carboxylic acid groups (broad SMARTS) is 1. The van der Waals surface area contributed by atoms with Crippen molar-refractivity contribution in [1.29, 1.82) is 0 Å². The standard InChI is InChI=1S/C9H14O5/c1-5(2)7(8(11)12)4-14-9(13)6(3)10/h5,7H,4H2,1-3H3,(H,11,12). The van der Waals surface area contributed by atoms with E-state index in [1.807, 2.05) is 0 Å². The third kappa shape index (κ3) is 4.02. The molecule has 0 aliphatic rings. The van der Waals surface area contributed by atoms with Gasteiger partial charge in [0.15, 0.2) is 0 Å². The molecule has 5 heteroatoms. The van der Waals surface area contributed by atoms with Gasteiger partial charge in [0.05, 0.1) is 5.92 Å². The van der Waals surface area contributed by atoms with Gasteiger partial charge >= 0.3 is 11.9 Å². The summed E-state index contributed by atoms with van der Waals surface area (Å²) in [6, 6.07) is 0. The zero-order valence-corrected chi connectivity index (χ0v) is 8.44. The normalized spacial score (nSPS) is 12.3. The van der Waals surface area contributed by atoms with Crippen LogP contribution in [0.25, 0.3) is 0 Å². The summed E-state index contributed by atoms with van der Waals surface area (Å²) >= 11 is 0. The van der Waals surface area contributed by atoms with Crippen LogP contribution >= 0.6 is 0 Å². The Bertz CT molecular complexity index is 244. The number of carbonyl (C=O) groups excluding carboxylic acids is 2. The van der Waals surface area contributed by atoms with Gasteiger partial charge in [0.1, 0.15) is 6.61 Å². The van der Waals surface area contributed by atoms with E-state index in [0.717, 1.165) is 6.92 Å². The number of hydrogen-bond donors (Lipinski definition) is 1. The molecule has 0 amide bonds. The van der Waals surface area contributed by atoms with Crippen molar-refractivity contribution in [3.05, 3.63) is 0 Å². The second-order valence-corrected chi connectivity index (χ2v) is 3.34.